The zero-order valence-electron chi connectivity index (χ0n) is 10.1. The second-order valence-electron chi connectivity index (χ2n) is 3.37. The number of nitro benzene ring substituents is 1. The third-order valence-corrected chi connectivity index (χ3v) is 2.41. The van der Waals surface area contributed by atoms with Crippen molar-refractivity contribution in [1.82, 2.24) is 16.2 Å². The lowest BCUT2D eigenvalue weighted by atomic mass is 10.3. The van der Waals surface area contributed by atoms with Gasteiger partial charge in [0.05, 0.1) is 4.92 Å². The van der Waals surface area contributed by atoms with Crippen molar-refractivity contribution in [2.75, 3.05) is 11.9 Å². The summed E-state index contributed by atoms with van der Waals surface area (Å²) in [6, 6.07) is 5.91. The number of hydrazine groups is 1. The summed E-state index contributed by atoms with van der Waals surface area (Å²) in [6.07, 6.45) is 0. The van der Waals surface area contributed by atoms with E-state index in [9.17, 15) is 10.1 Å². The molecule has 0 atom stereocenters. The maximum Gasteiger partial charge on any atom is 0.269 e. The maximum atomic E-state index is 10.5. The van der Waals surface area contributed by atoms with Crippen LogP contribution < -0.4 is 21.5 Å². The first-order valence-electron chi connectivity index (χ1n) is 5.38. The molecular weight excluding hydrogens is 286 g/mol. The van der Waals surface area contributed by atoms with Gasteiger partial charge in [-0.3, -0.25) is 21.0 Å². The Kier molecular flexibility index (Phi) is 5.90. The van der Waals surface area contributed by atoms with Crippen LogP contribution in [0.3, 0.4) is 0 Å². The number of nitrogens with zero attached hydrogens (tertiary/aromatic N) is 1. The molecule has 7 nitrogen and oxygen atoms in total. The van der Waals surface area contributed by atoms with Crippen LogP contribution >= 0.6 is 24.4 Å². The van der Waals surface area contributed by atoms with E-state index in [-0.39, 0.29) is 5.69 Å². The summed E-state index contributed by atoms with van der Waals surface area (Å²) in [5.41, 5.74) is 6.04. The van der Waals surface area contributed by atoms with Crippen molar-refractivity contribution in [2.45, 2.75) is 6.92 Å². The van der Waals surface area contributed by atoms with Crippen LogP contribution in [0.1, 0.15) is 6.92 Å². The molecule has 0 bridgehead atoms. The van der Waals surface area contributed by atoms with Crippen LogP contribution in [0.4, 0.5) is 11.4 Å². The average molecular weight is 299 g/mol. The average Bonchev–Trinajstić information content (AvgIpc) is 2.37. The fraction of sp³-hybridized carbons (Fsp3) is 0.200. The van der Waals surface area contributed by atoms with Crippen molar-refractivity contribution in [3.8, 4) is 0 Å². The monoisotopic (exact) mass is 299 g/mol. The molecule has 0 unspecified atom stereocenters. The van der Waals surface area contributed by atoms with Gasteiger partial charge < -0.3 is 10.6 Å². The molecule has 1 aromatic rings. The largest absolute Gasteiger partial charge is 0.362 e. The van der Waals surface area contributed by atoms with Gasteiger partial charge in [0.1, 0.15) is 0 Å². The Bertz CT molecular complexity index is 477. The molecule has 102 valence electrons. The van der Waals surface area contributed by atoms with E-state index in [0.29, 0.717) is 22.5 Å². The molecule has 0 aromatic heterocycles. The van der Waals surface area contributed by atoms with E-state index >= 15 is 0 Å². The van der Waals surface area contributed by atoms with Gasteiger partial charge in [-0.25, -0.2) is 0 Å². The predicted octanol–water partition coefficient (Wildman–Crippen LogP) is 1.28. The second-order valence-corrected chi connectivity index (χ2v) is 4.18. The lowest BCUT2D eigenvalue weighted by molar-refractivity contribution is -0.384. The predicted molar refractivity (Wildman–Crippen MR) is 81.9 cm³/mol. The molecule has 0 saturated heterocycles. The molecule has 0 aliphatic heterocycles. The van der Waals surface area contributed by atoms with Gasteiger partial charge in [-0.2, -0.15) is 0 Å². The molecule has 4 N–H and O–H groups in total. The van der Waals surface area contributed by atoms with E-state index in [1.165, 1.54) is 12.1 Å². The lowest BCUT2D eigenvalue weighted by Gasteiger charge is -2.13. The molecule has 19 heavy (non-hydrogen) atoms. The molecule has 0 radical (unpaired) electrons. The van der Waals surface area contributed by atoms with E-state index in [4.69, 9.17) is 24.4 Å². The van der Waals surface area contributed by atoms with Crippen molar-refractivity contribution in [2.24, 2.45) is 0 Å². The Morgan fingerprint density at radius 2 is 1.79 bits per heavy atom. The minimum absolute atomic E-state index is 0.0240. The highest BCUT2D eigenvalue weighted by molar-refractivity contribution is 7.80. The number of benzene rings is 1. The third kappa shape index (κ3) is 5.44. The van der Waals surface area contributed by atoms with Gasteiger partial charge in [0.15, 0.2) is 10.2 Å². The number of anilines is 1. The third-order valence-electron chi connectivity index (χ3n) is 1.96. The first kappa shape index (κ1) is 15.1. The Hall–Kier alpha value is -2.00. The van der Waals surface area contributed by atoms with Crippen LogP contribution in [-0.2, 0) is 0 Å². The topological polar surface area (TPSA) is 91.3 Å². The molecule has 0 aliphatic carbocycles. The fourth-order valence-corrected chi connectivity index (χ4v) is 1.51. The Morgan fingerprint density at radius 1 is 1.21 bits per heavy atom. The summed E-state index contributed by atoms with van der Waals surface area (Å²) in [5.74, 6) is 0. The van der Waals surface area contributed by atoms with Crippen molar-refractivity contribution < 1.29 is 4.92 Å². The van der Waals surface area contributed by atoms with E-state index < -0.39 is 4.92 Å². The standard InChI is InChI=1S/C10H13N5O2S2/c1-2-11-9(18)13-14-10(19)12-7-3-5-8(6-4-7)15(16)17/h3-6H,2H2,1H3,(H2,11,13,18)(H2,12,14,19). The van der Waals surface area contributed by atoms with Crippen molar-refractivity contribution in [3.05, 3.63) is 34.4 Å². The summed E-state index contributed by atoms with van der Waals surface area (Å²) in [7, 11) is 0. The maximum absolute atomic E-state index is 10.5. The minimum atomic E-state index is -0.462. The van der Waals surface area contributed by atoms with Gasteiger partial charge in [0, 0.05) is 24.4 Å². The number of nitro groups is 1. The summed E-state index contributed by atoms with van der Waals surface area (Å²) < 4.78 is 0. The highest BCUT2D eigenvalue weighted by Crippen LogP contribution is 2.14. The van der Waals surface area contributed by atoms with Crippen molar-refractivity contribution >= 4 is 46.0 Å². The number of hydrogen-bond donors (Lipinski definition) is 4. The quantitative estimate of drug-likeness (QED) is 0.377. The molecule has 0 fully saturated rings. The lowest BCUT2D eigenvalue weighted by Crippen LogP contribution is -2.48. The summed E-state index contributed by atoms with van der Waals surface area (Å²) in [6.45, 7) is 2.62. The first-order chi connectivity index (χ1) is 9.02. The van der Waals surface area contributed by atoms with Crippen LogP contribution in [0.2, 0.25) is 0 Å². The van der Waals surface area contributed by atoms with Crippen molar-refractivity contribution in [3.63, 3.8) is 0 Å². The van der Waals surface area contributed by atoms with E-state index in [1.54, 1.807) is 12.1 Å². The van der Waals surface area contributed by atoms with E-state index in [0.717, 1.165) is 0 Å². The van der Waals surface area contributed by atoms with Gasteiger partial charge in [-0.15, -0.1) is 0 Å². The van der Waals surface area contributed by atoms with Crippen molar-refractivity contribution in [1.29, 1.82) is 0 Å². The second kappa shape index (κ2) is 7.44. The normalized spacial score (nSPS) is 9.32. The van der Waals surface area contributed by atoms with E-state index in [1.807, 2.05) is 6.92 Å². The van der Waals surface area contributed by atoms with Crippen LogP contribution in [0.15, 0.2) is 24.3 Å². The van der Waals surface area contributed by atoms with E-state index in [2.05, 4.69) is 21.5 Å². The molecule has 1 rings (SSSR count). The number of non-ortho nitro benzene ring substituents is 1. The zero-order chi connectivity index (χ0) is 14.3. The molecular formula is C10H13N5O2S2. The number of thiocarbonyl (C=S) groups is 2. The Labute approximate surface area is 120 Å². The summed E-state index contributed by atoms with van der Waals surface area (Å²) in [4.78, 5) is 10.0. The molecule has 0 amide bonds. The minimum Gasteiger partial charge on any atom is -0.362 e. The van der Waals surface area contributed by atoms with Crippen LogP contribution in [-0.4, -0.2) is 21.7 Å². The first-order valence-corrected chi connectivity index (χ1v) is 6.20. The number of hydrogen-bond acceptors (Lipinski definition) is 4. The SMILES string of the molecule is CCNC(=S)NNC(=S)Nc1ccc([N+](=O)[O-])cc1. The molecule has 9 heteroatoms. The van der Waals surface area contributed by atoms with Gasteiger partial charge in [-0.1, -0.05) is 0 Å². The molecule has 0 aliphatic rings. The van der Waals surface area contributed by atoms with Crippen LogP contribution in [0, 0.1) is 10.1 Å². The Morgan fingerprint density at radius 3 is 2.32 bits per heavy atom. The highest BCUT2D eigenvalue weighted by Gasteiger charge is 2.04. The molecule has 1 aromatic carbocycles. The Balaban J connectivity index is 2.44. The van der Waals surface area contributed by atoms with Crippen LogP contribution in [0.25, 0.3) is 0 Å². The summed E-state index contributed by atoms with van der Waals surface area (Å²) in [5, 5.41) is 16.9. The van der Waals surface area contributed by atoms with Crippen LogP contribution in [0.5, 0.6) is 0 Å². The smallest absolute Gasteiger partial charge is 0.269 e. The fourth-order valence-electron chi connectivity index (χ4n) is 1.15. The van der Waals surface area contributed by atoms with Gasteiger partial charge in [-0.05, 0) is 43.5 Å². The van der Waals surface area contributed by atoms with Gasteiger partial charge in [0.2, 0.25) is 0 Å². The molecule has 0 heterocycles. The number of nitrogens with one attached hydrogen (secondary N) is 4. The molecule has 0 spiro atoms. The zero-order valence-corrected chi connectivity index (χ0v) is 11.7. The summed E-state index contributed by atoms with van der Waals surface area (Å²) >= 11 is 9.95. The molecule has 0 saturated carbocycles. The highest BCUT2D eigenvalue weighted by atomic mass is 32.1. The van der Waals surface area contributed by atoms with Gasteiger partial charge in [0.25, 0.3) is 5.69 Å². The number of rotatable bonds is 3. The van der Waals surface area contributed by atoms with Gasteiger partial charge >= 0.3 is 0 Å².